The van der Waals surface area contributed by atoms with Crippen LogP contribution in [0, 0.1) is 33.1 Å². The molecule has 0 unspecified atom stereocenters. The van der Waals surface area contributed by atoms with Crippen LogP contribution in [0.25, 0.3) is 0 Å². The summed E-state index contributed by atoms with van der Waals surface area (Å²) in [5.74, 6) is -2.14. The van der Waals surface area contributed by atoms with Crippen LogP contribution in [0.3, 0.4) is 0 Å². The summed E-state index contributed by atoms with van der Waals surface area (Å²) in [6.07, 6.45) is 0. The molecule has 0 aliphatic heterocycles. The zero-order chi connectivity index (χ0) is 15.6. The van der Waals surface area contributed by atoms with Crippen LogP contribution in [0.4, 0.5) is 25.8 Å². The lowest BCUT2D eigenvalue weighted by Gasteiger charge is -2.21. The van der Waals surface area contributed by atoms with Crippen molar-refractivity contribution in [1.29, 1.82) is 5.26 Å². The van der Waals surface area contributed by atoms with Crippen LogP contribution in [0.1, 0.15) is 5.56 Å². The molecule has 2 aromatic carbocycles. The first-order valence-electron chi connectivity index (χ1n) is 5.82. The van der Waals surface area contributed by atoms with Gasteiger partial charge in [-0.2, -0.15) is 5.26 Å². The number of nitriles is 1. The molecule has 0 amide bonds. The molecule has 2 aromatic rings. The van der Waals surface area contributed by atoms with Gasteiger partial charge in [0.1, 0.15) is 11.8 Å². The zero-order valence-electron chi connectivity index (χ0n) is 10.9. The summed E-state index contributed by atoms with van der Waals surface area (Å²) in [7, 11) is 1.38. The fourth-order valence-corrected chi connectivity index (χ4v) is 1.96. The molecule has 5 nitrogen and oxygen atoms in total. The Labute approximate surface area is 118 Å². The standard InChI is InChI=1S/C14H9F2N3O2/c1-18(13-5-3-2-4-9(13)8-17)14-11(15)6-10(19(20)21)7-12(14)16/h2-7H,1H3. The van der Waals surface area contributed by atoms with E-state index in [0.717, 1.165) is 4.90 Å². The number of nitro groups is 1. The molecule has 0 saturated heterocycles. The molecule has 0 aliphatic rings. The number of para-hydroxylation sites is 1. The highest BCUT2D eigenvalue weighted by molar-refractivity contribution is 5.70. The molecule has 0 atom stereocenters. The van der Waals surface area contributed by atoms with Crippen molar-refractivity contribution < 1.29 is 13.7 Å². The van der Waals surface area contributed by atoms with Gasteiger partial charge in [0.2, 0.25) is 0 Å². The Hall–Kier alpha value is -3.01. The summed E-state index contributed by atoms with van der Waals surface area (Å²) in [5, 5.41) is 19.6. The second kappa shape index (κ2) is 5.54. The molecule has 0 aromatic heterocycles. The van der Waals surface area contributed by atoms with Crippen molar-refractivity contribution >= 4 is 17.1 Å². The number of non-ortho nitro benzene ring substituents is 1. The van der Waals surface area contributed by atoms with E-state index < -0.39 is 27.9 Å². The van der Waals surface area contributed by atoms with Gasteiger partial charge in [-0.3, -0.25) is 10.1 Å². The van der Waals surface area contributed by atoms with Crippen LogP contribution in [-0.2, 0) is 0 Å². The zero-order valence-corrected chi connectivity index (χ0v) is 10.9. The Kier molecular flexibility index (Phi) is 3.80. The number of hydrogen-bond donors (Lipinski definition) is 0. The van der Waals surface area contributed by atoms with Crippen molar-refractivity contribution in [2.45, 2.75) is 0 Å². The topological polar surface area (TPSA) is 70.2 Å². The SMILES string of the molecule is CN(c1ccccc1C#N)c1c(F)cc([N+](=O)[O-])cc1F. The fraction of sp³-hybridized carbons (Fsp3) is 0.0714. The quantitative estimate of drug-likeness (QED) is 0.640. The van der Waals surface area contributed by atoms with Crippen LogP contribution in [0.5, 0.6) is 0 Å². The minimum Gasteiger partial charge on any atom is -0.339 e. The lowest BCUT2D eigenvalue weighted by Crippen LogP contribution is -2.15. The highest BCUT2D eigenvalue weighted by atomic mass is 19.1. The Morgan fingerprint density at radius 3 is 2.33 bits per heavy atom. The normalized spacial score (nSPS) is 10.0. The molecule has 0 radical (unpaired) electrons. The summed E-state index contributed by atoms with van der Waals surface area (Å²) in [6.45, 7) is 0. The summed E-state index contributed by atoms with van der Waals surface area (Å²) in [6, 6.07) is 9.48. The van der Waals surface area contributed by atoms with Gasteiger partial charge < -0.3 is 4.90 Å². The van der Waals surface area contributed by atoms with Crippen LogP contribution < -0.4 is 4.90 Å². The third-order valence-corrected chi connectivity index (χ3v) is 2.93. The molecule has 0 saturated carbocycles. The molecule has 0 N–H and O–H groups in total. The maximum atomic E-state index is 14.0. The van der Waals surface area contributed by atoms with E-state index in [9.17, 15) is 18.9 Å². The van der Waals surface area contributed by atoms with Gasteiger partial charge in [-0.25, -0.2) is 8.78 Å². The first-order valence-corrected chi connectivity index (χ1v) is 5.82. The molecule has 0 spiro atoms. The minimum atomic E-state index is -1.07. The molecule has 7 heteroatoms. The van der Waals surface area contributed by atoms with Crippen molar-refractivity contribution in [3.05, 3.63) is 63.7 Å². The molecule has 0 fully saturated rings. The number of halogens is 2. The first kappa shape index (κ1) is 14.4. The van der Waals surface area contributed by atoms with Gasteiger partial charge in [0.15, 0.2) is 11.6 Å². The number of hydrogen-bond acceptors (Lipinski definition) is 4. The van der Waals surface area contributed by atoms with E-state index in [-0.39, 0.29) is 5.56 Å². The molecule has 0 heterocycles. The largest absolute Gasteiger partial charge is 0.339 e. The first-order chi connectivity index (χ1) is 9.95. The number of benzene rings is 2. The van der Waals surface area contributed by atoms with Crippen LogP contribution in [-0.4, -0.2) is 12.0 Å². The van der Waals surface area contributed by atoms with Crippen LogP contribution >= 0.6 is 0 Å². The third-order valence-electron chi connectivity index (χ3n) is 2.93. The van der Waals surface area contributed by atoms with Crippen molar-refractivity contribution in [3.8, 4) is 6.07 Å². The Morgan fingerprint density at radius 2 is 1.81 bits per heavy atom. The second-order valence-corrected chi connectivity index (χ2v) is 4.20. The van der Waals surface area contributed by atoms with E-state index in [1.54, 1.807) is 12.1 Å². The molecule has 0 aliphatic carbocycles. The summed E-state index contributed by atoms with van der Waals surface area (Å²) < 4.78 is 27.9. The van der Waals surface area contributed by atoms with Crippen molar-refractivity contribution in [3.63, 3.8) is 0 Å². The smallest absolute Gasteiger partial charge is 0.275 e. The third kappa shape index (κ3) is 2.65. The second-order valence-electron chi connectivity index (χ2n) is 4.20. The predicted molar refractivity (Wildman–Crippen MR) is 72.2 cm³/mol. The van der Waals surface area contributed by atoms with Gasteiger partial charge >= 0.3 is 0 Å². The van der Waals surface area contributed by atoms with Crippen LogP contribution in [0.15, 0.2) is 36.4 Å². The van der Waals surface area contributed by atoms with Crippen molar-refractivity contribution in [2.24, 2.45) is 0 Å². The summed E-state index contributed by atoms with van der Waals surface area (Å²) in [5.41, 5.74) is -0.595. The number of nitro benzene ring substituents is 1. The molecular formula is C14H9F2N3O2. The average Bonchev–Trinajstić information content (AvgIpc) is 2.46. The Balaban J connectivity index is 2.57. The summed E-state index contributed by atoms with van der Waals surface area (Å²) >= 11 is 0. The molecular weight excluding hydrogens is 280 g/mol. The van der Waals surface area contributed by atoms with E-state index in [1.165, 1.54) is 19.2 Å². The van der Waals surface area contributed by atoms with E-state index in [0.29, 0.717) is 17.8 Å². The van der Waals surface area contributed by atoms with Gasteiger partial charge in [-0.15, -0.1) is 0 Å². The van der Waals surface area contributed by atoms with Crippen LogP contribution in [0.2, 0.25) is 0 Å². The van der Waals surface area contributed by atoms with Crippen molar-refractivity contribution in [2.75, 3.05) is 11.9 Å². The molecule has 2 rings (SSSR count). The van der Waals surface area contributed by atoms with E-state index in [1.807, 2.05) is 6.07 Å². The maximum Gasteiger partial charge on any atom is 0.275 e. The highest BCUT2D eigenvalue weighted by Crippen LogP contribution is 2.33. The number of anilines is 2. The fourth-order valence-electron chi connectivity index (χ4n) is 1.96. The molecule has 106 valence electrons. The van der Waals surface area contributed by atoms with E-state index in [4.69, 9.17) is 5.26 Å². The van der Waals surface area contributed by atoms with E-state index >= 15 is 0 Å². The minimum absolute atomic E-state index is 0.233. The molecule has 21 heavy (non-hydrogen) atoms. The molecule has 0 bridgehead atoms. The number of nitrogens with zero attached hydrogens (tertiary/aromatic N) is 3. The highest BCUT2D eigenvalue weighted by Gasteiger charge is 2.21. The number of rotatable bonds is 3. The maximum absolute atomic E-state index is 14.0. The van der Waals surface area contributed by atoms with Gasteiger partial charge in [0.25, 0.3) is 5.69 Å². The van der Waals surface area contributed by atoms with Gasteiger partial charge in [0, 0.05) is 7.05 Å². The van der Waals surface area contributed by atoms with Gasteiger partial charge in [-0.1, -0.05) is 12.1 Å². The Bertz CT molecular complexity index is 733. The Morgan fingerprint density at radius 1 is 1.24 bits per heavy atom. The monoisotopic (exact) mass is 289 g/mol. The van der Waals surface area contributed by atoms with Crippen molar-refractivity contribution in [1.82, 2.24) is 0 Å². The van der Waals surface area contributed by atoms with E-state index in [2.05, 4.69) is 0 Å². The van der Waals surface area contributed by atoms with Gasteiger partial charge in [-0.05, 0) is 12.1 Å². The lowest BCUT2D eigenvalue weighted by molar-refractivity contribution is -0.385. The van der Waals surface area contributed by atoms with Gasteiger partial charge in [0.05, 0.1) is 28.3 Å². The average molecular weight is 289 g/mol. The summed E-state index contributed by atoms with van der Waals surface area (Å²) in [4.78, 5) is 10.8. The predicted octanol–water partition coefficient (Wildman–Crippen LogP) is 3.51. The lowest BCUT2D eigenvalue weighted by atomic mass is 10.1.